The number of amides is 3. The van der Waals surface area contributed by atoms with Gasteiger partial charge in [0.05, 0.1) is 11.8 Å². The molecule has 0 radical (unpaired) electrons. The Morgan fingerprint density at radius 2 is 1.70 bits per heavy atom. The van der Waals surface area contributed by atoms with Crippen LogP contribution in [-0.4, -0.2) is 40.7 Å². The molecule has 0 aromatic heterocycles. The number of hydrogen-bond donors (Lipinski definition) is 1. The Balaban J connectivity index is 1.83. The molecule has 3 atom stereocenters. The first kappa shape index (κ1) is 19.8. The van der Waals surface area contributed by atoms with E-state index in [0.717, 1.165) is 29.9 Å². The molecule has 1 aliphatic heterocycles. The van der Waals surface area contributed by atoms with Crippen molar-refractivity contribution in [1.82, 2.24) is 4.90 Å². The number of hydrogen-bond acceptors (Lipinski definition) is 4. The lowest BCUT2D eigenvalue weighted by Gasteiger charge is -2.26. The van der Waals surface area contributed by atoms with E-state index in [1.165, 1.54) is 11.8 Å². The van der Waals surface area contributed by atoms with Crippen LogP contribution in [0.5, 0.6) is 0 Å². The highest BCUT2D eigenvalue weighted by molar-refractivity contribution is 7.98. The van der Waals surface area contributed by atoms with Gasteiger partial charge in [-0.05, 0) is 43.4 Å². The topological polar surface area (TPSA) is 66.5 Å². The van der Waals surface area contributed by atoms with Crippen molar-refractivity contribution in [3.8, 4) is 0 Å². The third-order valence-corrected chi connectivity index (χ3v) is 5.86. The zero-order valence-electron chi connectivity index (χ0n) is 15.0. The van der Waals surface area contributed by atoms with Crippen LogP contribution in [0.25, 0.3) is 0 Å². The van der Waals surface area contributed by atoms with Crippen molar-refractivity contribution in [3.63, 3.8) is 0 Å². The van der Waals surface area contributed by atoms with Gasteiger partial charge in [0, 0.05) is 11.8 Å². The van der Waals surface area contributed by atoms with Gasteiger partial charge >= 0.3 is 0 Å². The van der Waals surface area contributed by atoms with Gasteiger partial charge in [0.1, 0.15) is 17.7 Å². The second kappa shape index (κ2) is 8.37. The van der Waals surface area contributed by atoms with Crippen molar-refractivity contribution in [3.05, 3.63) is 29.8 Å². The van der Waals surface area contributed by atoms with Crippen LogP contribution in [-0.2, 0) is 14.4 Å². The number of nitrogens with one attached hydrogen (secondary N) is 1. The van der Waals surface area contributed by atoms with Gasteiger partial charge in [-0.15, -0.1) is 0 Å². The predicted molar refractivity (Wildman–Crippen MR) is 99.1 cm³/mol. The van der Waals surface area contributed by atoms with E-state index in [9.17, 15) is 23.2 Å². The SMILES string of the molecule is CSCCC(C(=O)Nc1cc(F)cc(F)c1)N1C(=O)C2CCCCC2C1=O. The van der Waals surface area contributed by atoms with E-state index >= 15 is 0 Å². The van der Waals surface area contributed by atoms with Crippen molar-refractivity contribution < 1.29 is 23.2 Å². The molecule has 3 unspecified atom stereocenters. The summed E-state index contributed by atoms with van der Waals surface area (Å²) in [6, 6.07) is 1.73. The largest absolute Gasteiger partial charge is 0.324 e. The Bertz CT molecular complexity index is 714. The number of likely N-dealkylation sites (tertiary alicyclic amines) is 1. The van der Waals surface area contributed by atoms with Crippen molar-refractivity contribution in [2.24, 2.45) is 11.8 Å². The molecule has 1 N–H and O–H groups in total. The van der Waals surface area contributed by atoms with E-state index in [1.54, 1.807) is 0 Å². The summed E-state index contributed by atoms with van der Waals surface area (Å²) in [6.07, 6.45) is 5.29. The molecule has 146 valence electrons. The second-order valence-corrected chi connectivity index (χ2v) is 7.97. The van der Waals surface area contributed by atoms with E-state index in [0.29, 0.717) is 31.1 Å². The van der Waals surface area contributed by atoms with Crippen molar-refractivity contribution in [2.75, 3.05) is 17.3 Å². The third-order valence-electron chi connectivity index (χ3n) is 5.22. The fourth-order valence-corrected chi connectivity index (χ4v) is 4.41. The Morgan fingerprint density at radius 3 is 2.22 bits per heavy atom. The van der Waals surface area contributed by atoms with Gasteiger partial charge in [-0.25, -0.2) is 8.78 Å². The Hall–Kier alpha value is -1.96. The lowest BCUT2D eigenvalue weighted by atomic mass is 9.81. The minimum absolute atomic E-state index is 0.0387. The highest BCUT2D eigenvalue weighted by Gasteiger charge is 2.51. The monoisotopic (exact) mass is 396 g/mol. The predicted octanol–water partition coefficient (Wildman–Crippen LogP) is 3.20. The smallest absolute Gasteiger partial charge is 0.247 e. The van der Waals surface area contributed by atoms with Crippen LogP contribution in [0, 0.1) is 23.5 Å². The average molecular weight is 396 g/mol. The highest BCUT2D eigenvalue weighted by Crippen LogP contribution is 2.39. The lowest BCUT2D eigenvalue weighted by Crippen LogP contribution is -2.48. The number of carbonyl (C=O) groups excluding carboxylic acids is 3. The Kier molecular flexibility index (Phi) is 6.14. The zero-order chi connectivity index (χ0) is 19.6. The molecule has 2 aliphatic rings. The van der Waals surface area contributed by atoms with Gasteiger partial charge in [-0.2, -0.15) is 11.8 Å². The van der Waals surface area contributed by atoms with E-state index in [4.69, 9.17) is 0 Å². The first-order chi connectivity index (χ1) is 12.9. The standard InChI is InChI=1S/C19H22F2N2O3S/c1-27-7-6-16(17(24)22-13-9-11(20)8-12(21)10-13)23-18(25)14-4-2-3-5-15(14)19(23)26/h8-10,14-16H,2-7H2,1H3,(H,22,24). The van der Waals surface area contributed by atoms with Gasteiger partial charge in [0.2, 0.25) is 17.7 Å². The number of rotatable bonds is 6. The highest BCUT2D eigenvalue weighted by atomic mass is 32.2. The van der Waals surface area contributed by atoms with Gasteiger partial charge in [0.15, 0.2) is 0 Å². The quantitative estimate of drug-likeness (QED) is 0.750. The first-order valence-corrected chi connectivity index (χ1v) is 10.4. The maximum atomic E-state index is 13.4. The van der Waals surface area contributed by atoms with Crippen molar-refractivity contribution >= 4 is 35.2 Å². The second-order valence-electron chi connectivity index (χ2n) is 6.99. The fourth-order valence-electron chi connectivity index (χ4n) is 3.95. The molecule has 3 amide bonds. The van der Waals surface area contributed by atoms with Crippen molar-refractivity contribution in [2.45, 2.75) is 38.1 Å². The van der Waals surface area contributed by atoms with Crippen LogP contribution < -0.4 is 5.32 Å². The van der Waals surface area contributed by atoms with Crippen LogP contribution >= 0.6 is 11.8 Å². The molecule has 3 rings (SSSR count). The number of nitrogens with zero attached hydrogens (tertiary/aromatic N) is 1. The summed E-state index contributed by atoms with van der Waals surface area (Å²) in [5.74, 6) is -2.94. The molecule has 27 heavy (non-hydrogen) atoms. The minimum atomic E-state index is -0.977. The summed E-state index contributed by atoms with van der Waals surface area (Å²) in [6.45, 7) is 0. The van der Waals surface area contributed by atoms with Crippen LogP contribution in [0.1, 0.15) is 32.1 Å². The number of thioether (sulfide) groups is 1. The first-order valence-electron chi connectivity index (χ1n) is 9.05. The van der Waals surface area contributed by atoms with Crippen LogP contribution in [0.2, 0.25) is 0 Å². The summed E-state index contributed by atoms with van der Waals surface area (Å²) in [4.78, 5) is 39.5. The molecule has 5 nitrogen and oxygen atoms in total. The summed E-state index contributed by atoms with van der Waals surface area (Å²) < 4.78 is 26.8. The Morgan fingerprint density at radius 1 is 1.15 bits per heavy atom. The third kappa shape index (κ3) is 4.15. The van der Waals surface area contributed by atoms with Crippen LogP contribution in [0.4, 0.5) is 14.5 Å². The lowest BCUT2D eigenvalue weighted by molar-refractivity contribution is -0.146. The summed E-state index contributed by atoms with van der Waals surface area (Å²) in [7, 11) is 0. The minimum Gasteiger partial charge on any atom is -0.324 e. The maximum Gasteiger partial charge on any atom is 0.247 e. The molecular weight excluding hydrogens is 374 g/mol. The number of fused-ring (bicyclic) bond motifs is 1. The average Bonchev–Trinajstić information content (AvgIpc) is 2.87. The summed E-state index contributed by atoms with van der Waals surface area (Å²) in [5, 5.41) is 2.46. The normalized spacial score (nSPS) is 23.3. The molecule has 0 spiro atoms. The van der Waals surface area contributed by atoms with Gasteiger partial charge in [-0.1, -0.05) is 12.8 Å². The van der Waals surface area contributed by atoms with E-state index < -0.39 is 23.6 Å². The molecule has 2 fully saturated rings. The zero-order valence-corrected chi connectivity index (χ0v) is 15.9. The molecule has 8 heteroatoms. The molecule has 1 heterocycles. The Labute approximate surface area is 160 Å². The molecule has 1 aromatic rings. The van der Waals surface area contributed by atoms with E-state index in [2.05, 4.69) is 5.32 Å². The molecule has 1 aliphatic carbocycles. The molecule has 1 aromatic carbocycles. The number of imide groups is 1. The van der Waals surface area contributed by atoms with Gasteiger partial charge < -0.3 is 5.32 Å². The van der Waals surface area contributed by atoms with Gasteiger partial charge in [-0.3, -0.25) is 19.3 Å². The van der Waals surface area contributed by atoms with Crippen LogP contribution in [0.15, 0.2) is 18.2 Å². The summed E-state index contributed by atoms with van der Waals surface area (Å²) >= 11 is 1.50. The number of halogens is 2. The van der Waals surface area contributed by atoms with E-state index in [-0.39, 0.29) is 29.3 Å². The van der Waals surface area contributed by atoms with Crippen molar-refractivity contribution in [1.29, 1.82) is 0 Å². The number of anilines is 1. The molecule has 1 saturated heterocycles. The van der Waals surface area contributed by atoms with E-state index in [1.807, 2.05) is 6.26 Å². The molecule has 0 bridgehead atoms. The summed E-state index contributed by atoms with van der Waals surface area (Å²) in [5.41, 5.74) is -0.0387. The fraction of sp³-hybridized carbons (Fsp3) is 0.526. The van der Waals surface area contributed by atoms with Gasteiger partial charge in [0.25, 0.3) is 0 Å². The van der Waals surface area contributed by atoms with Crippen LogP contribution in [0.3, 0.4) is 0 Å². The molecular formula is C19H22F2N2O3S. The number of benzene rings is 1. The number of carbonyl (C=O) groups is 3. The maximum absolute atomic E-state index is 13.4. The molecule has 1 saturated carbocycles.